The van der Waals surface area contributed by atoms with E-state index >= 15 is 0 Å². The second-order valence-electron chi connectivity index (χ2n) is 10.3. The lowest BCUT2D eigenvalue weighted by molar-refractivity contribution is -0.135. The van der Waals surface area contributed by atoms with E-state index in [0.29, 0.717) is 25.2 Å². The summed E-state index contributed by atoms with van der Waals surface area (Å²) in [4.78, 5) is 42.7. The maximum Gasteiger partial charge on any atom is 0.328 e. The summed E-state index contributed by atoms with van der Waals surface area (Å²) in [6.45, 7) is 3.79. The van der Waals surface area contributed by atoms with Gasteiger partial charge in [-0.15, -0.1) is 0 Å². The normalized spacial score (nSPS) is 20.9. The summed E-state index contributed by atoms with van der Waals surface area (Å²) in [5.74, 6) is 0.147. The van der Waals surface area contributed by atoms with Gasteiger partial charge in [-0.05, 0) is 49.9 Å². The number of aryl methyl sites for hydroxylation is 3. The maximum absolute atomic E-state index is 13.1. The predicted octanol–water partition coefficient (Wildman–Crippen LogP) is 3.17. The minimum Gasteiger partial charge on any atom is -0.334 e. The third-order valence-electron chi connectivity index (χ3n) is 7.82. The maximum atomic E-state index is 13.1. The second kappa shape index (κ2) is 9.93. The van der Waals surface area contributed by atoms with E-state index in [4.69, 9.17) is 0 Å². The largest absolute Gasteiger partial charge is 0.334 e. The van der Waals surface area contributed by atoms with Gasteiger partial charge in [-0.1, -0.05) is 36.2 Å². The standard InChI is InChI=1S/C28H35N5O3/c1-19-7-6-8-20(15-19)17-33-24-13-14-32(23(24)9-4-5-10-27(33)35)18-26(34)29-21-11-12-22-25(16-21)31(3)28(36)30(22)2/h6-8,11-12,15-16,23-24H,4-5,9-10,13-14,17-18H2,1-3H3,(H,29,34)/t23-,24+/m0/s1. The Morgan fingerprint density at radius 1 is 0.972 bits per heavy atom. The molecule has 2 atom stereocenters. The molecule has 2 fully saturated rings. The Balaban J connectivity index is 1.30. The lowest BCUT2D eigenvalue weighted by atomic mass is 9.96. The van der Waals surface area contributed by atoms with E-state index in [1.165, 1.54) is 5.56 Å². The van der Waals surface area contributed by atoms with Crippen LogP contribution < -0.4 is 11.0 Å². The average Bonchev–Trinajstić information content (AvgIpc) is 3.32. The summed E-state index contributed by atoms with van der Waals surface area (Å²) in [5, 5.41) is 3.02. The number of fused-ring (bicyclic) bond motifs is 2. The number of likely N-dealkylation sites (tertiary alicyclic amines) is 2. The Hall–Kier alpha value is -3.39. The van der Waals surface area contributed by atoms with Crippen molar-refractivity contribution in [2.45, 2.75) is 57.7 Å². The lowest BCUT2D eigenvalue weighted by Gasteiger charge is -2.37. The first-order chi connectivity index (χ1) is 17.3. The quantitative estimate of drug-likeness (QED) is 0.597. The molecule has 0 saturated carbocycles. The number of hydrogen-bond donors (Lipinski definition) is 1. The van der Waals surface area contributed by atoms with Crippen molar-refractivity contribution < 1.29 is 9.59 Å². The third kappa shape index (κ3) is 4.69. The van der Waals surface area contributed by atoms with Crippen molar-refractivity contribution in [1.29, 1.82) is 0 Å². The molecule has 2 aromatic carbocycles. The van der Waals surface area contributed by atoms with Crippen LogP contribution in [0.25, 0.3) is 11.0 Å². The zero-order valence-corrected chi connectivity index (χ0v) is 21.4. The molecule has 0 unspecified atom stereocenters. The van der Waals surface area contributed by atoms with E-state index in [1.54, 1.807) is 23.2 Å². The van der Waals surface area contributed by atoms with Crippen LogP contribution in [0.2, 0.25) is 0 Å². The molecule has 0 spiro atoms. The molecule has 8 heteroatoms. The number of carbonyl (C=O) groups excluding carboxylic acids is 2. The number of amides is 2. The van der Waals surface area contributed by atoms with Crippen molar-refractivity contribution in [2.24, 2.45) is 14.1 Å². The van der Waals surface area contributed by atoms with Gasteiger partial charge in [-0.25, -0.2) is 4.79 Å². The van der Waals surface area contributed by atoms with Crippen molar-refractivity contribution in [1.82, 2.24) is 18.9 Å². The van der Waals surface area contributed by atoms with E-state index < -0.39 is 0 Å². The molecule has 2 aliphatic heterocycles. The summed E-state index contributed by atoms with van der Waals surface area (Å²) in [6.07, 6.45) is 4.37. The number of carbonyl (C=O) groups is 2. The SMILES string of the molecule is Cc1cccc(CN2C(=O)CCCC[C@H]3[C@H]2CCN3CC(=O)Nc2ccc3c(c2)n(C)c(=O)n3C)c1. The zero-order valence-electron chi connectivity index (χ0n) is 21.4. The van der Waals surface area contributed by atoms with Crippen molar-refractivity contribution >= 4 is 28.5 Å². The molecule has 3 aromatic rings. The van der Waals surface area contributed by atoms with Crippen molar-refractivity contribution in [3.63, 3.8) is 0 Å². The Labute approximate surface area is 211 Å². The summed E-state index contributed by atoms with van der Waals surface area (Å²) in [7, 11) is 3.48. The Morgan fingerprint density at radius 3 is 2.58 bits per heavy atom. The zero-order chi connectivity index (χ0) is 25.4. The average molecular weight is 490 g/mol. The van der Waals surface area contributed by atoms with Gasteiger partial charge in [0.1, 0.15) is 0 Å². The molecule has 36 heavy (non-hydrogen) atoms. The Morgan fingerprint density at radius 2 is 1.78 bits per heavy atom. The summed E-state index contributed by atoms with van der Waals surface area (Å²) in [5.41, 5.74) is 4.55. The molecule has 2 saturated heterocycles. The fourth-order valence-corrected chi connectivity index (χ4v) is 5.97. The predicted molar refractivity (Wildman–Crippen MR) is 141 cm³/mol. The minimum atomic E-state index is -0.0920. The molecule has 0 bridgehead atoms. The van der Waals surface area contributed by atoms with Gasteiger partial charge in [0.05, 0.1) is 17.6 Å². The van der Waals surface area contributed by atoms with Gasteiger partial charge in [0, 0.05) is 51.4 Å². The van der Waals surface area contributed by atoms with Crippen LogP contribution in [0, 0.1) is 6.92 Å². The minimum absolute atomic E-state index is 0.0745. The topological polar surface area (TPSA) is 79.6 Å². The van der Waals surface area contributed by atoms with Crippen LogP contribution in [0.4, 0.5) is 5.69 Å². The van der Waals surface area contributed by atoms with Gasteiger partial charge in [0.25, 0.3) is 0 Å². The van der Waals surface area contributed by atoms with E-state index in [2.05, 4.69) is 40.2 Å². The number of imidazole rings is 1. The van der Waals surface area contributed by atoms with Crippen LogP contribution >= 0.6 is 0 Å². The molecule has 0 aliphatic carbocycles. The highest BCUT2D eigenvalue weighted by Crippen LogP contribution is 2.31. The molecule has 190 valence electrons. The van der Waals surface area contributed by atoms with Gasteiger partial charge in [0.2, 0.25) is 11.8 Å². The first kappa shape index (κ1) is 24.3. The molecule has 1 N–H and O–H groups in total. The Bertz CT molecular complexity index is 1360. The molecule has 0 radical (unpaired) electrons. The summed E-state index contributed by atoms with van der Waals surface area (Å²) in [6, 6.07) is 14.2. The number of aromatic nitrogens is 2. The number of nitrogens with zero attached hydrogens (tertiary/aromatic N) is 4. The number of benzene rings is 2. The van der Waals surface area contributed by atoms with Crippen molar-refractivity contribution in [3.05, 3.63) is 64.1 Å². The summed E-state index contributed by atoms with van der Waals surface area (Å²) < 4.78 is 3.19. The number of nitrogens with one attached hydrogen (secondary N) is 1. The number of hydrogen-bond acceptors (Lipinski definition) is 4. The fourth-order valence-electron chi connectivity index (χ4n) is 5.97. The van der Waals surface area contributed by atoms with E-state index in [0.717, 1.165) is 48.8 Å². The molecular weight excluding hydrogens is 454 g/mol. The molecular formula is C28H35N5O3. The van der Waals surface area contributed by atoms with E-state index in [9.17, 15) is 14.4 Å². The van der Waals surface area contributed by atoms with Crippen LogP contribution in [0.5, 0.6) is 0 Å². The molecule has 2 amide bonds. The van der Waals surface area contributed by atoms with Gasteiger partial charge in [0.15, 0.2) is 0 Å². The molecule has 3 heterocycles. The fraction of sp³-hybridized carbons (Fsp3) is 0.464. The van der Waals surface area contributed by atoms with Gasteiger partial charge in [-0.2, -0.15) is 0 Å². The highest BCUT2D eigenvalue weighted by Gasteiger charge is 2.40. The Kier molecular flexibility index (Phi) is 6.71. The van der Waals surface area contributed by atoms with Crippen LogP contribution in [0.1, 0.15) is 43.2 Å². The van der Waals surface area contributed by atoms with Gasteiger partial charge in [-0.3, -0.25) is 23.6 Å². The molecule has 8 nitrogen and oxygen atoms in total. The second-order valence-corrected chi connectivity index (χ2v) is 10.3. The first-order valence-electron chi connectivity index (χ1n) is 12.9. The van der Waals surface area contributed by atoms with Gasteiger partial charge < -0.3 is 10.2 Å². The van der Waals surface area contributed by atoms with Crippen LogP contribution in [-0.4, -0.2) is 55.9 Å². The number of rotatable bonds is 5. The molecule has 1 aromatic heterocycles. The summed E-state index contributed by atoms with van der Waals surface area (Å²) >= 11 is 0. The lowest BCUT2D eigenvalue weighted by Crippen LogP contribution is -2.49. The number of anilines is 1. The van der Waals surface area contributed by atoms with Crippen LogP contribution in [0.15, 0.2) is 47.3 Å². The molecule has 5 rings (SSSR count). The van der Waals surface area contributed by atoms with Crippen LogP contribution in [-0.2, 0) is 30.2 Å². The van der Waals surface area contributed by atoms with E-state index in [1.807, 2.05) is 24.3 Å². The highest BCUT2D eigenvalue weighted by atomic mass is 16.2. The van der Waals surface area contributed by atoms with Crippen molar-refractivity contribution in [3.8, 4) is 0 Å². The smallest absolute Gasteiger partial charge is 0.328 e. The van der Waals surface area contributed by atoms with Crippen molar-refractivity contribution in [2.75, 3.05) is 18.4 Å². The highest BCUT2D eigenvalue weighted by molar-refractivity contribution is 5.94. The van der Waals surface area contributed by atoms with E-state index in [-0.39, 0.29) is 29.6 Å². The third-order valence-corrected chi connectivity index (χ3v) is 7.82. The molecule has 2 aliphatic rings. The van der Waals surface area contributed by atoms with Gasteiger partial charge >= 0.3 is 5.69 Å². The van der Waals surface area contributed by atoms with Crippen LogP contribution in [0.3, 0.4) is 0 Å². The monoisotopic (exact) mass is 489 g/mol. The first-order valence-corrected chi connectivity index (χ1v) is 12.9.